The van der Waals surface area contributed by atoms with Crippen LogP contribution < -0.4 is 20.2 Å². The second-order valence-electron chi connectivity index (χ2n) is 6.13. The standard InChI is InChI=1S/C20H20F3N3O4/c1-12(14-5-7-15(8-6-14)24-19(28)20(21,22)23)25-26-18(27)11-13-4-9-16(29-2)17(10-13)30-3/h4-10H,11H2,1-3H3,(H,24,28)(H,26,27). The molecule has 0 spiro atoms. The summed E-state index contributed by atoms with van der Waals surface area (Å²) in [5.74, 6) is -1.37. The molecule has 2 aromatic rings. The Kier molecular flexibility index (Phi) is 7.40. The van der Waals surface area contributed by atoms with Gasteiger partial charge in [-0.3, -0.25) is 9.59 Å². The van der Waals surface area contributed by atoms with Gasteiger partial charge in [0.05, 0.1) is 26.4 Å². The number of hydrazone groups is 1. The zero-order chi connectivity index (χ0) is 22.3. The highest BCUT2D eigenvalue weighted by atomic mass is 19.4. The lowest BCUT2D eigenvalue weighted by atomic mass is 10.1. The molecule has 2 N–H and O–H groups in total. The van der Waals surface area contributed by atoms with Crippen molar-refractivity contribution in [1.29, 1.82) is 0 Å². The molecule has 2 rings (SSSR count). The van der Waals surface area contributed by atoms with E-state index >= 15 is 0 Å². The van der Waals surface area contributed by atoms with Gasteiger partial charge in [-0.15, -0.1) is 0 Å². The van der Waals surface area contributed by atoms with Gasteiger partial charge in [-0.05, 0) is 42.3 Å². The number of alkyl halides is 3. The summed E-state index contributed by atoms with van der Waals surface area (Å²) in [5.41, 5.74) is 4.11. The van der Waals surface area contributed by atoms with Crippen LogP contribution in [0.25, 0.3) is 0 Å². The number of halogens is 3. The normalized spacial score (nSPS) is 11.6. The van der Waals surface area contributed by atoms with E-state index in [1.165, 1.54) is 38.5 Å². The van der Waals surface area contributed by atoms with Crippen molar-refractivity contribution in [2.75, 3.05) is 19.5 Å². The third kappa shape index (κ3) is 6.23. The number of carbonyl (C=O) groups is 2. The summed E-state index contributed by atoms with van der Waals surface area (Å²) in [6.07, 6.45) is -4.91. The van der Waals surface area contributed by atoms with Gasteiger partial charge in [0.25, 0.3) is 0 Å². The summed E-state index contributed by atoms with van der Waals surface area (Å²) in [4.78, 5) is 23.1. The average molecular weight is 423 g/mol. The summed E-state index contributed by atoms with van der Waals surface area (Å²) in [5, 5.41) is 5.74. The van der Waals surface area contributed by atoms with Crippen LogP contribution in [0.5, 0.6) is 11.5 Å². The molecule has 0 atom stereocenters. The molecule has 2 amide bonds. The van der Waals surface area contributed by atoms with Crippen LogP contribution in [0, 0.1) is 0 Å². The van der Waals surface area contributed by atoms with Crippen molar-refractivity contribution in [3.63, 3.8) is 0 Å². The van der Waals surface area contributed by atoms with Gasteiger partial charge in [0, 0.05) is 5.69 Å². The third-order valence-corrected chi connectivity index (χ3v) is 3.98. The predicted octanol–water partition coefficient (Wildman–Crippen LogP) is 3.29. The molecular weight excluding hydrogens is 403 g/mol. The number of anilines is 1. The molecular formula is C20H20F3N3O4. The van der Waals surface area contributed by atoms with Crippen molar-refractivity contribution in [2.45, 2.75) is 19.5 Å². The largest absolute Gasteiger partial charge is 0.493 e. The Bertz CT molecular complexity index is 941. The van der Waals surface area contributed by atoms with Gasteiger partial charge < -0.3 is 14.8 Å². The molecule has 10 heteroatoms. The van der Waals surface area contributed by atoms with E-state index in [0.717, 1.165) is 0 Å². The van der Waals surface area contributed by atoms with E-state index in [-0.39, 0.29) is 18.0 Å². The van der Waals surface area contributed by atoms with Gasteiger partial charge in [0.1, 0.15) is 0 Å². The summed E-state index contributed by atoms with van der Waals surface area (Å²) < 4.78 is 47.1. The Labute approximate surface area is 170 Å². The number of hydrogen-bond acceptors (Lipinski definition) is 5. The second-order valence-corrected chi connectivity index (χ2v) is 6.13. The second kappa shape index (κ2) is 9.77. The van der Waals surface area contributed by atoms with Crippen molar-refractivity contribution in [3.8, 4) is 11.5 Å². The Morgan fingerprint density at radius 3 is 2.20 bits per heavy atom. The van der Waals surface area contributed by atoms with Gasteiger partial charge >= 0.3 is 12.1 Å². The molecule has 2 aromatic carbocycles. The van der Waals surface area contributed by atoms with Crippen LogP contribution in [0.15, 0.2) is 47.6 Å². The maximum absolute atomic E-state index is 12.3. The number of nitrogens with zero attached hydrogens (tertiary/aromatic N) is 1. The lowest BCUT2D eigenvalue weighted by molar-refractivity contribution is -0.167. The maximum atomic E-state index is 12.3. The van der Waals surface area contributed by atoms with Crippen LogP contribution in [0.1, 0.15) is 18.1 Å². The molecule has 0 unspecified atom stereocenters. The monoisotopic (exact) mass is 423 g/mol. The molecule has 0 aliphatic heterocycles. The number of benzene rings is 2. The molecule has 0 heterocycles. The van der Waals surface area contributed by atoms with E-state index in [1.807, 2.05) is 0 Å². The fraction of sp³-hybridized carbons (Fsp3) is 0.250. The van der Waals surface area contributed by atoms with Crippen LogP contribution >= 0.6 is 0 Å². The Hall–Kier alpha value is -3.56. The SMILES string of the molecule is COc1ccc(CC(=O)NN=C(C)c2ccc(NC(=O)C(F)(F)F)cc2)cc1OC. The first-order valence-electron chi connectivity index (χ1n) is 8.66. The number of ether oxygens (including phenoxy) is 2. The van der Waals surface area contributed by atoms with Gasteiger partial charge in [-0.2, -0.15) is 18.3 Å². The minimum absolute atomic E-state index is 0.00800. The average Bonchev–Trinajstić information content (AvgIpc) is 2.71. The zero-order valence-electron chi connectivity index (χ0n) is 16.5. The number of carbonyl (C=O) groups excluding carboxylic acids is 2. The number of hydrogen-bond donors (Lipinski definition) is 2. The minimum Gasteiger partial charge on any atom is -0.493 e. The highest BCUT2D eigenvalue weighted by molar-refractivity contribution is 6.00. The number of methoxy groups -OCH3 is 2. The zero-order valence-corrected chi connectivity index (χ0v) is 16.5. The van der Waals surface area contributed by atoms with Crippen molar-refractivity contribution in [2.24, 2.45) is 5.10 Å². The van der Waals surface area contributed by atoms with Gasteiger partial charge in [0.15, 0.2) is 11.5 Å². The first-order chi connectivity index (χ1) is 14.1. The molecule has 0 saturated carbocycles. The summed E-state index contributed by atoms with van der Waals surface area (Å²) in [7, 11) is 3.01. The van der Waals surface area contributed by atoms with Crippen molar-refractivity contribution in [1.82, 2.24) is 5.43 Å². The van der Waals surface area contributed by atoms with Crippen LogP contribution in [0.2, 0.25) is 0 Å². The molecule has 0 aliphatic rings. The van der Waals surface area contributed by atoms with E-state index in [9.17, 15) is 22.8 Å². The molecule has 0 radical (unpaired) electrons. The first kappa shape index (κ1) is 22.7. The number of nitrogens with one attached hydrogen (secondary N) is 2. The van der Waals surface area contributed by atoms with E-state index in [0.29, 0.717) is 28.3 Å². The van der Waals surface area contributed by atoms with Crippen LogP contribution in [0.4, 0.5) is 18.9 Å². The topological polar surface area (TPSA) is 89.0 Å². The van der Waals surface area contributed by atoms with Crippen molar-refractivity contribution < 1.29 is 32.2 Å². The highest BCUT2D eigenvalue weighted by Gasteiger charge is 2.38. The van der Waals surface area contributed by atoms with Crippen molar-refractivity contribution in [3.05, 3.63) is 53.6 Å². The van der Waals surface area contributed by atoms with E-state index < -0.39 is 12.1 Å². The number of rotatable bonds is 7. The molecule has 0 bridgehead atoms. The highest BCUT2D eigenvalue weighted by Crippen LogP contribution is 2.27. The van der Waals surface area contributed by atoms with E-state index in [4.69, 9.17) is 9.47 Å². The quantitative estimate of drug-likeness (QED) is 0.528. The van der Waals surface area contributed by atoms with Crippen LogP contribution in [-0.4, -0.2) is 37.9 Å². The lowest BCUT2D eigenvalue weighted by Crippen LogP contribution is -2.29. The molecule has 30 heavy (non-hydrogen) atoms. The van der Waals surface area contributed by atoms with Crippen molar-refractivity contribution >= 4 is 23.2 Å². The first-order valence-corrected chi connectivity index (χ1v) is 8.66. The smallest absolute Gasteiger partial charge is 0.471 e. The number of amides is 2. The summed E-state index contributed by atoms with van der Waals surface area (Å²) >= 11 is 0. The fourth-order valence-corrected chi connectivity index (χ4v) is 2.42. The molecule has 7 nitrogen and oxygen atoms in total. The lowest BCUT2D eigenvalue weighted by Gasteiger charge is -2.09. The summed E-state index contributed by atoms with van der Waals surface area (Å²) in [6, 6.07) is 10.7. The molecule has 0 aliphatic carbocycles. The molecule has 0 aromatic heterocycles. The fourth-order valence-electron chi connectivity index (χ4n) is 2.42. The molecule has 160 valence electrons. The van der Waals surface area contributed by atoms with Gasteiger partial charge in [0.2, 0.25) is 5.91 Å². The van der Waals surface area contributed by atoms with Gasteiger partial charge in [-0.1, -0.05) is 18.2 Å². The summed E-state index contributed by atoms with van der Waals surface area (Å²) in [6.45, 7) is 1.62. The predicted molar refractivity (Wildman–Crippen MR) is 105 cm³/mol. The Morgan fingerprint density at radius 1 is 1.00 bits per heavy atom. The Balaban J connectivity index is 1.97. The maximum Gasteiger partial charge on any atom is 0.471 e. The molecule has 0 fully saturated rings. The Morgan fingerprint density at radius 2 is 1.63 bits per heavy atom. The third-order valence-electron chi connectivity index (χ3n) is 3.98. The molecule has 0 saturated heterocycles. The van der Waals surface area contributed by atoms with Crippen LogP contribution in [0.3, 0.4) is 0 Å². The van der Waals surface area contributed by atoms with Crippen LogP contribution in [-0.2, 0) is 16.0 Å². The minimum atomic E-state index is -4.96. The van der Waals surface area contributed by atoms with E-state index in [2.05, 4.69) is 10.5 Å². The van der Waals surface area contributed by atoms with E-state index in [1.54, 1.807) is 30.4 Å². The van der Waals surface area contributed by atoms with Gasteiger partial charge in [-0.25, -0.2) is 5.43 Å².